The van der Waals surface area contributed by atoms with Gasteiger partial charge in [0.15, 0.2) is 0 Å². The number of hydrogen-bond acceptors (Lipinski definition) is 3. The summed E-state index contributed by atoms with van der Waals surface area (Å²) in [5.41, 5.74) is 4.36. The van der Waals surface area contributed by atoms with E-state index in [-0.39, 0.29) is 11.9 Å². The molecule has 1 aliphatic heterocycles. The van der Waals surface area contributed by atoms with Crippen LogP contribution in [0.25, 0.3) is 11.1 Å². The predicted octanol–water partition coefficient (Wildman–Crippen LogP) is 4.60. The van der Waals surface area contributed by atoms with Crippen molar-refractivity contribution in [3.05, 3.63) is 84.4 Å². The Kier molecular flexibility index (Phi) is 5.63. The summed E-state index contributed by atoms with van der Waals surface area (Å²) in [6, 6.07) is 26.3. The van der Waals surface area contributed by atoms with E-state index in [0.717, 1.165) is 41.2 Å². The number of anilines is 1. The van der Waals surface area contributed by atoms with Crippen molar-refractivity contribution in [3.63, 3.8) is 0 Å². The second-order valence-corrected chi connectivity index (χ2v) is 7.37. The van der Waals surface area contributed by atoms with E-state index in [4.69, 9.17) is 4.74 Å². The third-order valence-electron chi connectivity index (χ3n) is 5.58. The summed E-state index contributed by atoms with van der Waals surface area (Å²) in [7, 11) is 1.67. The number of nitrogens with zero attached hydrogens (tertiary/aromatic N) is 2. The molecule has 4 rings (SSSR count). The van der Waals surface area contributed by atoms with E-state index in [0.29, 0.717) is 6.54 Å². The van der Waals surface area contributed by atoms with Crippen LogP contribution in [0.5, 0.6) is 5.75 Å². The lowest BCUT2D eigenvalue weighted by Gasteiger charge is -2.39. The number of hydrogen-bond donors (Lipinski definition) is 0. The zero-order chi connectivity index (χ0) is 20.2. The van der Waals surface area contributed by atoms with Crippen LogP contribution in [0.15, 0.2) is 78.9 Å². The van der Waals surface area contributed by atoms with Gasteiger partial charge in [-0.2, -0.15) is 0 Å². The van der Waals surface area contributed by atoms with Gasteiger partial charge in [0.1, 0.15) is 5.75 Å². The maximum absolute atomic E-state index is 13.3. The molecule has 3 aromatic rings. The second kappa shape index (κ2) is 8.50. The molecule has 1 fully saturated rings. The molecular weight excluding hydrogens is 360 g/mol. The Bertz CT molecular complexity index is 987. The molecule has 3 aromatic carbocycles. The van der Waals surface area contributed by atoms with Crippen molar-refractivity contribution >= 4 is 11.6 Å². The van der Waals surface area contributed by atoms with Gasteiger partial charge in [-0.1, -0.05) is 60.7 Å². The van der Waals surface area contributed by atoms with E-state index in [1.807, 2.05) is 66.4 Å². The van der Waals surface area contributed by atoms with E-state index in [1.165, 1.54) is 0 Å². The highest BCUT2D eigenvalue weighted by Crippen LogP contribution is 2.32. The maximum atomic E-state index is 13.3. The van der Waals surface area contributed by atoms with Gasteiger partial charge in [-0.05, 0) is 36.2 Å². The van der Waals surface area contributed by atoms with E-state index in [1.54, 1.807) is 7.11 Å². The van der Waals surface area contributed by atoms with Crippen molar-refractivity contribution in [3.8, 4) is 16.9 Å². The molecule has 0 saturated carbocycles. The molecule has 148 valence electrons. The number of amides is 1. The molecule has 4 heteroatoms. The van der Waals surface area contributed by atoms with Crippen LogP contribution in [-0.4, -0.2) is 37.0 Å². The standard InChI is InChI=1S/C25H26N2O2/c1-19-25(28)27(16-15-26(19)18-20-9-8-12-22(17-20)29-2)24-14-7-6-13-23(24)21-10-4-3-5-11-21/h3-14,17,19H,15-16,18H2,1-2H3. The Labute approximate surface area is 172 Å². The van der Waals surface area contributed by atoms with E-state index in [2.05, 4.69) is 29.2 Å². The number of para-hydroxylation sites is 1. The average Bonchev–Trinajstić information content (AvgIpc) is 2.78. The van der Waals surface area contributed by atoms with Gasteiger partial charge in [0.05, 0.1) is 18.8 Å². The molecule has 1 aliphatic rings. The largest absolute Gasteiger partial charge is 0.497 e. The van der Waals surface area contributed by atoms with Gasteiger partial charge in [-0.25, -0.2) is 0 Å². The number of rotatable bonds is 5. The summed E-state index contributed by atoms with van der Waals surface area (Å²) in [4.78, 5) is 17.5. The molecule has 0 spiro atoms. The lowest BCUT2D eigenvalue weighted by molar-refractivity contribution is -0.125. The summed E-state index contributed by atoms with van der Waals surface area (Å²) in [6.07, 6.45) is 0. The van der Waals surface area contributed by atoms with E-state index >= 15 is 0 Å². The van der Waals surface area contributed by atoms with Gasteiger partial charge >= 0.3 is 0 Å². The molecule has 29 heavy (non-hydrogen) atoms. The quantitative estimate of drug-likeness (QED) is 0.642. The molecule has 0 aliphatic carbocycles. The molecule has 4 nitrogen and oxygen atoms in total. The summed E-state index contributed by atoms with van der Waals surface area (Å²) >= 11 is 0. The van der Waals surface area contributed by atoms with Crippen molar-refractivity contribution in [1.29, 1.82) is 0 Å². The molecule has 0 bridgehead atoms. The summed E-state index contributed by atoms with van der Waals surface area (Å²) in [5, 5.41) is 0. The highest BCUT2D eigenvalue weighted by Gasteiger charge is 2.33. The fraction of sp³-hybridized carbons (Fsp3) is 0.240. The minimum Gasteiger partial charge on any atom is -0.497 e. The molecule has 0 aromatic heterocycles. The van der Waals surface area contributed by atoms with Crippen LogP contribution in [0.1, 0.15) is 12.5 Å². The Morgan fingerprint density at radius 2 is 1.69 bits per heavy atom. The number of benzene rings is 3. The number of ether oxygens (including phenoxy) is 1. The number of piperazine rings is 1. The van der Waals surface area contributed by atoms with E-state index in [9.17, 15) is 4.79 Å². The minimum absolute atomic E-state index is 0.141. The molecular formula is C25H26N2O2. The monoisotopic (exact) mass is 386 g/mol. The van der Waals surface area contributed by atoms with Gasteiger partial charge in [0, 0.05) is 25.2 Å². The SMILES string of the molecule is COc1cccc(CN2CCN(c3ccccc3-c3ccccc3)C(=O)C2C)c1. The Morgan fingerprint density at radius 1 is 0.931 bits per heavy atom. The summed E-state index contributed by atoms with van der Waals surface area (Å²) in [5.74, 6) is 0.986. The predicted molar refractivity (Wildman–Crippen MR) is 117 cm³/mol. The van der Waals surface area contributed by atoms with Gasteiger partial charge in [0.25, 0.3) is 0 Å². The first-order valence-corrected chi connectivity index (χ1v) is 10.00. The zero-order valence-electron chi connectivity index (χ0n) is 16.9. The van der Waals surface area contributed by atoms with Crippen LogP contribution in [0.3, 0.4) is 0 Å². The van der Waals surface area contributed by atoms with Crippen molar-refractivity contribution in [2.24, 2.45) is 0 Å². The molecule has 1 amide bonds. The third-order valence-corrected chi connectivity index (χ3v) is 5.58. The number of carbonyl (C=O) groups excluding carboxylic acids is 1. The third kappa shape index (κ3) is 4.03. The highest BCUT2D eigenvalue weighted by molar-refractivity contribution is 6.01. The van der Waals surface area contributed by atoms with Crippen LogP contribution < -0.4 is 9.64 Å². The molecule has 1 atom stereocenters. The van der Waals surface area contributed by atoms with Gasteiger partial charge in [-0.15, -0.1) is 0 Å². The van der Waals surface area contributed by atoms with Crippen molar-refractivity contribution < 1.29 is 9.53 Å². The van der Waals surface area contributed by atoms with Crippen molar-refractivity contribution in [2.45, 2.75) is 19.5 Å². The van der Waals surface area contributed by atoms with Crippen molar-refractivity contribution in [1.82, 2.24) is 4.90 Å². The minimum atomic E-state index is -0.182. The Morgan fingerprint density at radius 3 is 2.48 bits per heavy atom. The fourth-order valence-corrected chi connectivity index (χ4v) is 3.95. The van der Waals surface area contributed by atoms with E-state index < -0.39 is 0 Å². The van der Waals surface area contributed by atoms with Crippen LogP contribution in [-0.2, 0) is 11.3 Å². The van der Waals surface area contributed by atoms with Gasteiger partial charge < -0.3 is 9.64 Å². The van der Waals surface area contributed by atoms with Crippen molar-refractivity contribution in [2.75, 3.05) is 25.1 Å². The fourth-order valence-electron chi connectivity index (χ4n) is 3.95. The molecule has 1 heterocycles. The first kappa shape index (κ1) is 19.2. The molecule has 0 radical (unpaired) electrons. The van der Waals surface area contributed by atoms with Crippen LogP contribution in [0.2, 0.25) is 0 Å². The Balaban J connectivity index is 1.55. The zero-order valence-corrected chi connectivity index (χ0v) is 16.9. The molecule has 0 N–H and O–H groups in total. The second-order valence-electron chi connectivity index (χ2n) is 7.37. The van der Waals surface area contributed by atoms with Crippen LogP contribution >= 0.6 is 0 Å². The van der Waals surface area contributed by atoms with Crippen LogP contribution in [0.4, 0.5) is 5.69 Å². The normalized spacial score (nSPS) is 17.4. The number of carbonyl (C=O) groups is 1. The summed E-state index contributed by atoms with van der Waals surface area (Å²) in [6.45, 7) is 4.24. The smallest absolute Gasteiger partial charge is 0.244 e. The first-order valence-electron chi connectivity index (χ1n) is 10.00. The molecule has 1 saturated heterocycles. The van der Waals surface area contributed by atoms with Gasteiger partial charge in [0.2, 0.25) is 5.91 Å². The van der Waals surface area contributed by atoms with Crippen LogP contribution in [0, 0.1) is 0 Å². The molecule has 1 unspecified atom stereocenters. The Hall–Kier alpha value is -3.11. The summed E-state index contributed by atoms with van der Waals surface area (Å²) < 4.78 is 5.33. The lowest BCUT2D eigenvalue weighted by atomic mass is 10.0. The van der Waals surface area contributed by atoms with Gasteiger partial charge in [-0.3, -0.25) is 9.69 Å². The number of methoxy groups -OCH3 is 1. The maximum Gasteiger partial charge on any atom is 0.244 e. The highest BCUT2D eigenvalue weighted by atomic mass is 16.5. The lowest BCUT2D eigenvalue weighted by Crippen LogP contribution is -2.55. The topological polar surface area (TPSA) is 32.8 Å². The average molecular weight is 386 g/mol. The first-order chi connectivity index (χ1) is 14.2.